The van der Waals surface area contributed by atoms with Crippen molar-refractivity contribution in [3.05, 3.63) is 70.5 Å². The Hall–Kier alpha value is -3.25. The molecule has 0 atom stereocenters. The van der Waals surface area contributed by atoms with Crippen molar-refractivity contribution in [2.75, 3.05) is 10.6 Å². The van der Waals surface area contributed by atoms with E-state index in [0.29, 0.717) is 28.0 Å². The molecule has 0 aliphatic heterocycles. The number of hydrogen-bond donors (Lipinski definition) is 2. The maximum atomic E-state index is 6.05. The molecule has 2 N–H and O–H groups in total. The third-order valence-electron chi connectivity index (χ3n) is 4.41. The van der Waals surface area contributed by atoms with E-state index in [1.54, 1.807) is 12.4 Å². The minimum absolute atomic E-state index is 0.436. The monoisotopic (exact) mass is 390 g/mol. The molecule has 2 aromatic carbocycles. The van der Waals surface area contributed by atoms with Crippen molar-refractivity contribution in [2.24, 2.45) is 0 Å². The normalized spacial score (nSPS) is 10.9. The SMILES string of the molecule is Cc1ccc(C)c(Nc2nc(Nc3ccc(Cl)cc3C)nc3nccnc23)c1. The van der Waals surface area contributed by atoms with Gasteiger partial charge in [0, 0.05) is 28.8 Å². The minimum atomic E-state index is 0.436. The number of aryl methyl sites for hydroxylation is 3. The second-order valence-electron chi connectivity index (χ2n) is 6.65. The van der Waals surface area contributed by atoms with E-state index in [1.165, 1.54) is 0 Å². The van der Waals surface area contributed by atoms with E-state index in [-0.39, 0.29) is 0 Å². The molecule has 0 saturated carbocycles. The zero-order valence-electron chi connectivity index (χ0n) is 15.8. The quantitative estimate of drug-likeness (QED) is 0.480. The Labute approximate surface area is 168 Å². The third-order valence-corrected chi connectivity index (χ3v) is 4.65. The molecule has 0 unspecified atom stereocenters. The Morgan fingerprint density at radius 1 is 0.786 bits per heavy atom. The molecule has 0 aliphatic rings. The Bertz CT molecular complexity index is 1170. The first-order valence-electron chi connectivity index (χ1n) is 8.86. The smallest absolute Gasteiger partial charge is 0.231 e. The molecular weight excluding hydrogens is 372 g/mol. The van der Waals surface area contributed by atoms with E-state index < -0.39 is 0 Å². The molecule has 4 aromatic rings. The highest BCUT2D eigenvalue weighted by atomic mass is 35.5. The number of nitrogens with one attached hydrogen (secondary N) is 2. The molecule has 28 heavy (non-hydrogen) atoms. The van der Waals surface area contributed by atoms with Crippen molar-refractivity contribution in [1.29, 1.82) is 0 Å². The summed E-state index contributed by atoms with van der Waals surface area (Å²) in [5.74, 6) is 1.03. The molecule has 0 aliphatic carbocycles. The number of aromatic nitrogens is 4. The lowest BCUT2D eigenvalue weighted by Crippen LogP contribution is -2.05. The predicted octanol–water partition coefficient (Wildman–Crippen LogP) is 5.49. The maximum absolute atomic E-state index is 6.05. The summed E-state index contributed by atoms with van der Waals surface area (Å²) in [6, 6.07) is 11.8. The Kier molecular flexibility index (Phi) is 4.79. The molecule has 140 valence electrons. The molecule has 0 radical (unpaired) electrons. The van der Waals surface area contributed by atoms with Crippen molar-refractivity contribution in [2.45, 2.75) is 20.8 Å². The number of hydrogen-bond acceptors (Lipinski definition) is 6. The van der Waals surface area contributed by atoms with Crippen molar-refractivity contribution in [3.63, 3.8) is 0 Å². The van der Waals surface area contributed by atoms with Gasteiger partial charge in [-0.15, -0.1) is 0 Å². The number of anilines is 4. The number of fused-ring (bicyclic) bond motifs is 1. The first-order valence-corrected chi connectivity index (χ1v) is 9.23. The van der Waals surface area contributed by atoms with Crippen LogP contribution < -0.4 is 10.6 Å². The van der Waals surface area contributed by atoms with Gasteiger partial charge in [0.2, 0.25) is 5.95 Å². The molecule has 2 heterocycles. The molecule has 0 bridgehead atoms. The van der Waals surface area contributed by atoms with Crippen molar-refractivity contribution in [3.8, 4) is 0 Å². The van der Waals surface area contributed by atoms with Gasteiger partial charge in [0.25, 0.3) is 0 Å². The van der Waals surface area contributed by atoms with Gasteiger partial charge < -0.3 is 10.6 Å². The highest BCUT2D eigenvalue weighted by molar-refractivity contribution is 6.30. The second kappa shape index (κ2) is 7.40. The van der Waals surface area contributed by atoms with E-state index in [4.69, 9.17) is 11.6 Å². The summed E-state index contributed by atoms with van der Waals surface area (Å²) >= 11 is 6.05. The summed E-state index contributed by atoms with van der Waals surface area (Å²) in [5.41, 5.74) is 6.25. The van der Waals surface area contributed by atoms with Gasteiger partial charge in [0.1, 0.15) is 0 Å². The zero-order valence-corrected chi connectivity index (χ0v) is 16.5. The lowest BCUT2D eigenvalue weighted by molar-refractivity contribution is 1.14. The summed E-state index contributed by atoms with van der Waals surface area (Å²) in [4.78, 5) is 17.9. The van der Waals surface area contributed by atoms with Gasteiger partial charge in [0.15, 0.2) is 17.0 Å². The van der Waals surface area contributed by atoms with Gasteiger partial charge in [-0.3, -0.25) is 0 Å². The van der Waals surface area contributed by atoms with Crippen LogP contribution in [0.1, 0.15) is 16.7 Å². The van der Waals surface area contributed by atoms with Gasteiger partial charge in [0.05, 0.1) is 0 Å². The van der Waals surface area contributed by atoms with Crippen molar-refractivity contribution in [1.82, 2.24) is 19.9 Å². The Morgan fingerprint density at radius 2 is 1.61 bits per heavy atom. The van der Waals surface area contributed by atoms with Crippen LogP contribution in [0.2, 0.25) is 5.02 Å². The Balaban J connectivity index is 1.78. The molecule has 0 fully saturated rings. The second-order valence-corrected chi connectivity index (χ2v) is 7.09. The largest absolute Gasteiger partial charge is 0.338 e. The molecular formula is C21H19ClN6. The molecule has 2 aromatic heterocycles. The van der Waals surface area contributed by atoms with Gasteiger partial charge in [-0.25, -0.2) is 9.97 Å². The number of nitrogens with zero attached hydrogens (tertiary/aromatic N) is 4. The average molecular weight is 391 g/mol. The minimum Gasteiger partial charge on any atom is -0.338 e. The van der Waals surface area contributed by atoms with Crippen LogP contribution in [0.5, 0.6) is 0 Å². The van der Waals surface area contributed by atoms with E-state index in [0.717, 1.165) is 28.1 Å². The lowest BCUT2D eigenvalue weighted by atomic mass is 10.1. The van der Waals surface area contributed by atoms with Gasteiger partial charge in [-0.1, -0.05) is 23.7 Å². The third kappa shape index (κ3) is 3.73. The predicted molar refractivity (Wildman–Crippen MR) is 114 cm³/mol. The molecule has 0 amide bonds. The zero-order chi connectivity index (χ0) is 19.7. The fourth-order valence-electron chi connectivity index (χ4n) is 2.89. The van der Waals surface area contributed by atoms with Crippen LogP contribution >= 0.6 is 11.6 Å². The standard InChI is InChI=1S/C21H19ClN6/c1-12-4-5-13(2)17(10-12)25-20-18-19(24-9-8-23-18)27-21(28-20)26-16-7-6-15(22)11-14(16)3/h4-11H,1-3H3,(H2,24,25,26,27,28). The summed E-state index contributed by atoms with van der Waals surface area (Å²) in [6.07, 6.45) is 3.25. The first kappa shape index (κ1) is 18.1. The summed E-state index contributed by atoms with van der Waals surface area (Å²) in [6.45, 7) is 6.08. The highest BCUT2D eigenvalue weighted by Gasteiger charge is 2.12. The molecule has 0 spiro atoms. The summed E-state index contributed by atoms with van der Waals surface area (Å²) in [7, 11) is 0. The van der Waals surface area contributed by atoms with Gasteiger partial charge in [-0.05, 0) is 61.7 Å². The lowest BCUT2D eigenvalue weighted by Gasteiger charge is -2.13. The highest BCUT2D eigenvalue weighted by Crippen LogP contribution is 2.27. The van der Waals surface area contributed by atoms with Gasteiger partial charge >= 0.3 is 0 Å². The van der Waals surface area contributed by atoms with Crippen LogP contribution in [0.15, 0.2) is 48.8 Å². The van der Waals surface area contributed by atoms with E-state index in [9.17, 15) is 0 Å². The van der Waals surface area contributed by atoms with Crippen LogP contribution in [-0.2, 0) is 0 Å². The van der Waals surface area contributed by atoms with E-state index in [2.05, 4.69) is 55.7 Å². The van der Waals surface area contributed by atoms with E-state index in [1.807, 2.05) is 32.0 Å². The number of benzene rings is 2. The maximum Gasteiger partial charge on any atom is 0.231 e. The fourth-order valence-corrected chi connectivity index (χ4v) is 3.12. The van der Waals surface area contributed by atoms with Crippen molar-refractivity contribution >= 4 is 45.9 Å². The van der Waals surface area contributed by atoms with Crippen LogP contribution in [0, 0.1) is 20.8 Å². The van der Waals surface area contributed by atoms with Crippen LogP contribution in [0.25, 0.3) is 11.2 Å². The van der Waals surface area contributed by atoms with E-state index >= 15 is 0 Å². The summed E-state index contributed by atoms with van der Waals surface area (Å²) in [5, 5.41) is 7.33. The number of rotatable bonds is 4. The van der Waals surface area contributed by atoms with Crippen LogP contribution in [-0.4, -0.2) is 19.9 Å². The number of halogens is 1. The fraction of sp³-hybridized carbons (Fsp3) is 0.143. The van der Waals surface area contributed by atoms with Gasteiger partial charge in [-0.2, -0.15) is 9.97 Å². The topological polar surface area (TPSA) is 75.6 Å². The van der Waals surface area contributed by atoms with Crippen LogP contribution in [0.3, 0.4) is 0 Å². The molecule has 0 saturated heterocycles. The molecule has 6 nitrogen and oxygen atoms in total. The first-order chi connectivity index (χ1) is 13.5. The average Bonchev–Trinajstić information content (AvgIpc) is 2.67. The molecule has 4 rings (SSSR count). The molecule has 7 heteroatoms. The van der Waals surface area contributed by atoms with Crippen molar-refractivity contribution < 1.29 is 0 Å². The van der Waals surface area contributed by atoms with Crippen LogP contribution in [0.4, 0.5) is 23.1 Å². The Morgan fingerprint density at radius 3 is 2.43 bits per heavy atom. The summed E-state index contributed by atoms with van der Waals surface area (Å²) < 4.78 is 0.